The zero-order valence-electron chi connectivity index (χ0n) is 16.7. The SMILES string of the molecule is CC(Sc1ccc(NC(=O)c2ccc([N+](=O)[O-])cc2)cc1)C(=O)Nc1cc(Cl)ccc1Cl. The van der Waals surface area contributed by atoms with E-state index < -0.39 is 10.2 Å². The van der Waals surface area contributed by atoms with Crippen LogP contribution in [0.15, 0.2) is 71.6 Å². The molecule has 0 saturated carbocycles. The first-order valence-corrected chi connectivity index (χ1v) is 10.9. The number of nitrogens with zero attached hydrogens (tertiary/aromatic N) is 1. The second-order valence-electron chi connectivity index (χ2n) is 6.66. The van der Waals surface area contributed by atoms with Crippen LogP contribution in [0.4, 0.5) is 17.1 Å². The quantitative estimate of drug-likeness (QED) is 0.231. The van der Waals surface area contributed by atoms with Crippen LogP contribution in [0.25, 0.3) is 0 Å². The number of halogens is 2. The van der Waals surface area contributed by atoms with Gasteiger partial charge in [0.1, 0.15) is 0 Å². The van der Waals surface area contributed by atoms with E-state index in [2.05, 4.69) is 10.6 Å². The number of carbonyl (C=O) groups is 2. The van der Waals surface area contributed by atoms with E-state index in [1.165, 1.54) is 36.0 Å². The molecule has 3 rings (SSSR count). The molecule has 3 aromatic rings. The fraction of sp³-hybridized carbons (Fsp3) is 0.0909. The zero-order chi connectivity index (χ0) is 23.3. The highest BCUT2D eigenvalue weighted by molar-refractivity contribution is 8.00. The van der Waals surface area contributed by atoms with E-state index in [-0.39, 0.29) is 17.5 Å². The summed E-state index contributed by atoms with van der Waals surface area (Å²) >= 11 is 13.4. The van der Waals surface area contributed by atoms with Crippen molar-refractivity contribution in [3.05, 3.63) is 92.5 Å². The number of benzene rings is 3. The topological polar surface area (TPSA) is 101 Å². The number of rotatable bonds is 7. The minimum Gasteiger partial charge on any atom is -0.324 e. The molecule has 1 unspecified atom stereocenters. The third-order valence-electron chi connectivity index (χ3n) is 4.32. The van der Waals surface area contributed by atoms with Gasteiger partial charge in [0.2, 0.25) is 5.91 Å². The van der Waals surface area contributed by atoms with Crippen molar-refractivity contribution in [3.8, 4) is 0 Å². The van der Waals surface area contributed by atoms with Crippen LogP contribution in [0.3, 0.4) is 0 Å². The molecule has 0 heterocycles. The second-order valence-corrected chi connectivity index (χ2v) is 8.91. The van der Waals surface area contributed by atoms with Gasteiger partial charge < -0.3 is 10.6 Å². The van der Waals surface area contributed by atoms with Crippen molar-refractivity contribution in [3.63, 3.8) is 0 Å². The van der Waals surface area contributed by atoms with Crippen molar-refractivity contribution in [2.24, 2.45) is 0 Å². The summed E-state index contributed by atoms with van der Waals surface area (Å²) in [4.78, 5) is 35.8. The highest BCUT2D eigenvalue weighted by Crippen LogP contribution is 2.29. The lowest BCUT2D eigenvalue weighted by Gasteiger charge is -2.13. The van der Waals surface area contributed by atoms with Crippen LogP contribution in [-0.4, -0.2) is 22.0 Å². The van der Waals surface area contributed by atoms with E-state index in [1.54, 1.807) is 49.4 Å². The Kier molecular flexibility index (Phi) is 7.74. The van der Waals surface area contributed by atoms with Gasteiger partial charge >= 0.3 is 0 Å². The van der Waals surface area contributed by atoms with Crippen molar-refractivity contribution in [2.75, 3.05) is 10.6 Å². The molecule has 2 amide bonds. The number of nitro groups is 1. The van der Waals surface area contributed by atoms with Crippen LogP contribution in [-0.2, 0) is 4.79 Å². The summed E-state index contributed by atoms with van der Waals surface area (Å²) in [6.45, 7) is 1.77. The Morgan fingerprint density at radius 3 is 2.25 bits per heavy atom. The normalized spacial score (nSPS) is 11.5. The number of hydrogen-bond donors (Lipinski definition) is 2. The van der Waals surface area contributed by atoms with E-state index in [9.17, 15) is 19.7 Å². The first-order valence-electron chi connectivity index (χ1n) is 9.31. The molecule has 3 aromatic carbocycles. The van der Waals surface area contributed by atoms with Crippen molar-refractivity contribution < 1.29 is 14.5 Å². The highest BCUT2D eigenvalue weighted by atomic mass is 35.5. The van der Waals surface area contributed by atoms with Crippen LogP contribution in [0.2, 0.25) is 10.0 Å². The molecule has 0 saturated heterocycles. The maximum Gasteiger partial charge on any atom is 0.269 e. The Balaban J connectivity index is 1.57. The standard InChI is InChI=1S/C22H17Cl2N3O4S/c1-13(21(28)26-20-12-15(23)4-11-19(20)24)32-18-9-5-16(6-10-18)25-22(29)14-2-7-17(8-3-14)27(30)31/h2-13H,1H3,(H,25,29)(H,26,28). The lowest BCUT2D eigenvalue weighted by Crippen LogP contribution is -2.22. The highest BCUT2D eigenvalue weighted by Gasteiger charge is 2.16. The minimum absolute atomic E-state index is 0.0845. The molecule has 0 aliphatic carbocycles. The number of nitro benzene ring substituents is 1. The molecular formula is C22H17Cl2N3O4S. The molecule has 0 fully saturated rings. The summed E-state index contributed by atoms with van der Waals surface area (Å²) in [6.07, 6.45) is 0. The average Bonchev–Trinajstić information content (AvgIpc) is 2.77. The number of hydrogen-bond acceptors (Lipinski definition) is 5. The Morgan fingerprint density at radius 2 is 1.62 bits per heavy atom. The van der Waals surface area contributed by atoms with Gasteiger partial charge in [-0.2, -0.15) is 0 Å². The largest absolute Gasteiger partial charge is 0.324 e. The fourth-order valence-corrected chi connectivity index (χ4v) is 3.84. The van der Waals surface area contributed by atoms with Gasteiger partial charge in [0, 0.05) is 33.3 Å². The van der Waals surface area contributed by atoms with Gasteiger partial charge in [-0.3, -0.25) is 19.7 Å². The summed E-state index contributed by atoms with van der Waals surface area (Å²) in [5.74, 6) is -0.610. The summed E-state index contributed by atoms with van der Waals surface area (Å²) in [7, 11) is 0. The molecule has 0 spiro atoms. The molecule has 0 aliphatic rings. The van der Waals surface area contributed by atoms with E-state index in [0.29, 0.717) is 27.0 Å². The molecule has 0 aromatic heterocycles. The van der Waals surface area contributed by atoms with Crippen LogP contribution in [0.1, 0.15) is 17.3 Å². The number of carbonyl (C=O) groups excluding carboxylic acids is 2. The summed E-state index contributed by atoms with van der Waals surface area (Å²) in [5, 5.41) is 16.7. The number of amides is 2. The van der Waals surface area contributed by atoms with Gasteiger partial charge in [0.15, 0.2) is 0 Å². The lowest BCUT2D eigenvalue weighted by atomic mass is 10.2. The smallest absolute Gasteiger partial charge is 0.269 e. The molecule has 0 aliphatic heterocycles. The van der Waals surface area contributed by atoms with E-state index >= 15 is 0 Å². The molecule has 2 N–H and O–H groups in total. The molecule has 0 bridgehead atoms. The summed E-state index contributed by atoms with van der Waals surface area (Å²) in [5.41, 5.74) is 1.22. The first kappa shape index (κ1) is 23.6. The number of nitrogens with one attached hydrogen (secondary N) is 2. The maximum absolute atomic E-state index is 12.5. The Bertz CT molecular complexity index is 1150. The van der Waals surface area contributed by atoms with Crippen molar-refractivity contribution in [2.45, 2.75) is 17.1 Å². The Hall–Kier alpha value is -3.07. The van der Waals surface area contributed by atoms with Gasteiger partial charge in [-0.1, -0.05) is 23.2 Å². The molecule has 10 heteroatoms. The van der Waals surface area contributed by atoms with Crippen molar-refractivity contribution in [1.29, 1.82) is 0 Å². The third-order valence-corrected chi connectivity index (χ3v) is 6.00. The predicted molar refractivity (Wildman–Crippen MR) is 128 cm³/mol. The maximum atomic E-state index is 12.5. The molecule has 164 valence electrons. The molecule has 32 heavy (non-hydrogen) atoms. The number of thioether (sulfide) groups is 1. The second kappa shape index (κ2) is 10.5. The van der Waals surface area contributed by atoms with Crippen LogP contribution in [0, 0.1) is 10.1 Å². The van der Waals surface area contributed by atoms with E-state index in [4.69, 9.17) is 23.2 Å². The van der Waals surface area contributed by atoms with Gasteiger partial charge in [-0.05, 0) is 61.5 Å². The number of non-ortho nitro benzene ring substituents is 1. The molecule has 7 nitrogen and oxygen atoms in total. The van der Waals surface area contributed by atoms with Crippen molar-refractivity contribution >= 4 is 63.8 Å². The Morgan fingerprint density at radius 1 is 0.969 bits per heavy atom. The van der Waals surface area contributed by atoms with Crippen molar-refractivity contribution in [1.82, 2.24) is 0 Å². The first-order chi connectivity index (χ1) is 15.2. The predicted octanol–water partition coefficient (Wildman–Crippen LogP) is 6.27. The van der Waals surface area contributed by atoms with Crippen LogP contribution in [0.5, 0.6) is 0 Å². The van der Waals surface area contributed by atoms with Crippen LogP contribution < -0.4 is 10.6 Å². The summed E-state index contributed by atoms with van der Waals surface area (Å²) < 4.78 is 0. The number of anilines is 2. The molecular weight excluding hydrogens is 473 g/mol. The monoisotopic (exact) mass is 489 g/mol. The third kappa shape index (κ3) is 6.23. The van der Waals surface area contributed by atoms with Gasteiger partial charge in [0.05, 0.1) is 20.9 Å². The average molecular weight is 490 g/mol. The van der Waals surface area contributed by atoms with Crippen LogP contribution >= 0.6 is 35.0 Å². The van der Waals surface area contributed by atoms with Gasteiger partial charge in [0.25, 0.3) is 11.6 Å². The molecule has 0 radical (unpaired) electrons. The van der Waals surface area contributed by atoms with E-state index in [0.717, 1.165) is 4.90 Å². The Labute approximate surface area is 198 Å². The van der Waals surface area contributed by atoms with E-state index in [1.807, 2.05) is 0 Å². The lowest BCUT2D eigenvalue weighted by molar-refractivity contribution is -0.384. The zero-order valence-corrected chi connectivity index (χ0v) is 19.0. The summed E-state index contributed by atoms with van der Waals surface area (Å²) in [6, 6.07) is 17.2. The fourth-order valence-electron chi connectivity index (χ4n) is 2.64. The minimum atomic E-state index is -0.525. The van der Waals surface area contributed by atoms with Gasteiger partial charge in [-0.25, -0.2) is 0 Å². The molecule has 1 atom stereocenters. The van der Waals surface area contributed by atoms with Gasteiger partial charge in [-0.15, -0.1) is 11.8 Å².